The van der Waals surface area contributed by atoms with E-state index in [0.717, 1.165) is 0 Å². The first-order valence-electron chi connectivity index (χ1n) is 10.0. The van der Waals surface area contributed by atoms with Gasteiger partial charge in [0.15, 0.2) is 18.9 Å². The molecule has 1 unspecified atom stereocenters. The number of nitrogens with zero attached hydrogens (tertiary/aromatic N) is 2. The van der Waals surface area contributed by atoms with E-state index in [0.29, 0.717) is 35.5 Å². The summed E-state index contributed by atoms with van der Waals surface area (Å²) in [5.74, 6) is -2.20. The van der Waals surface area contributed by atoms with Crippen molar-refractivity contribution in [3.8, 4) is 0 Å². The Kier molecular flexibility index (Phi) is 6.27. The van der Waals surface area contributed by atoms with Crippen molar-refractivity contribution in [2.75, 3.05) is 11.1 Å². The molecule has 0 aliphatic carbocycles. The molecular weight excluding hydrogens is 446 g/mol. The second-order valence-electron chi connectivity index (χ2n) is 7.44. The number of rotatable bonds is 7. The van der Waals surface area contributed by atoms with Gasteiger partial charge < -0.3 is 15.5 Å². The van der Waals surface area contributed by atoms with Crippen molar-refractivity contribution in [1.82, 2.24) is 4.90 Å². The number of allylic oxidation sites excluding steroid dienone is 2. The molecule has 1 aromatic heterocycles. The van der Waals surface area contributed by atoms with Crippen LogP contribution in [0.5, 0.6) is 0 Å². The minimum atomic E-state index is -1.11. The molecule has 10 heteroatoms. The third-order valence-corrected chi connectivity index (χ3v) is 6.48. The van der Waals surface area contributed by atoms with Gasteiger partial charge >= 0.3 is 11.9 Å². The van der Waals surface area contributed by atoms with Gasteiger partial charge in [-0.25, -0.2) is 14.2 Å². The van der Waals surface area contributed by atoms with E-state index in [1.54, 1.807) is 60.6 Å². The largest absolute Gasteiger partial charge is 0.478 e. The van der Waals surface area contributed by atoms with Gasteiger partial charge in [-0.1, -0.05) is 12.1 Å². The zero-order chi connectivity index (χ0) is 23.5. The number of nitrogens with one attached hydrogen (secondary N) is 1. The molecule has 1 atom stereocenters. The lowest BCUT2D eigenvalue weighted by atomic mass is 10.1. The lowest BCUT2D eigenvalue weighted by Gasteiger charge is -2.43. The number of fused-ring (bicyclic) bond motifs is 1. The fraction of sp³-hybridized carbons (Fsp3) is 0.174. The Hall–Kier alpha value is -3.92. The van der Waals surface area contributed by atoms with Crippen LogP contribution in [0.2, 0.25) is 0 Å². The average molecular weight is 466 g/mol. The Morgan fingerprint density at radius 3 is 2.55 bits per heavy atom. The van der Waals surface area contributed by atoms with Crippen molar-refractivity contribution in [3.05, 3.63) is 83.3 Å². The van der Waals surface area contributed by atoms with E-state index in [1.807, 2.05) is 4.57 Å². The molecule has 2 amide bonds. The number of aromatic nitrogens is 1. The number of β-lactam (4-membered cyclic amide) rings is 1. The zero-order valence-corrected chi connectivity index (χ0v) is 18.1. The third kappa shape index (κ3) is 4.80. The van der Waals surface area contributed by atoms with Crippen LogP contribution >= 0.6 is 11.8 Å². The van der Waals surface area contributed by atoms with Crippen molar-refractivity contribution >= 4 is 41.2 Å². The highest BCUT2D eigenvalue weighted by atomic mass is 32.2. The minimum absolute atomic E-state index is 0.0511. The summed E-state index contributed by atoms with van der Waals surface area (Å²) in [7, 11) is 0. The Morgan fingerprint density at radius 2 is 1.88 bits per heavy atom. The van der Waals surface area contributed by atoms with Crippen molar-refractivity contribution in [1.29, 1.82) is 0 Å². The van der Waals surface area contributed by atoms with Crippen molar-refractivity contribution in [3.63, 3.8) is 0 Å². The molecule has 33 heavy (non-hydrogen) atoms. The fourth-order valence-corrected chi connectivity index (χ4v) is 4.78. The summed E-state index contributed by atoms with van der Waals surface area (Å²) >= 11 is 1.55. The first kappa shape index (κ1) is 22.3. The van der Waals surface area contributed by atoms with Crippen LogP contribution in [0, 0.1) is 0 Å². The second kappa shape index (κ2) is 9.29. The lowest BCUT2D eigenvalue weighted by molar-refractivity contribution is -0.687. The average Bonchev–Trinajstić information content (AvgIpc) is 2.79. The van der Waals surface area contributed by atoms with Crippen molar-refractivity contribution in [2.45, 2.75) is 18.3 Å². The van der Waals surface area contributed by atoms with Crippen LogP contribution < -0.4 is 9.88 Å². The third-order valence-electron chi connectivity index (χ3n) is 5.24. The number of thioether (sulfide) groups is 1. The molecule has 2 aliphatic rings. The number of amides is 2. The minimum Gasteiger partial charge on any atom is -0.478 e. The van der Waals surface area contributed by atoms with Gasteiger partial charge in [-0.15, -0.1) is 11.8 Å². The SMILES string of the molecule is O=C(O)C1=C(/C=C/C[n+]2ccc(C(=O)Nc3cccc(C(=O)O)c3)cc2)CSC2CC(=O)N12. The second-order valence-corrected chi connectivity index (χ2v) is 8.60. The molecule has 168 valence electrons. The van der Waals surface area contributed by atoms with Crippen LogP contribution in [0.3, 0.4) is 0 Å². The van der Waals surface area contributed by atoms with E-state index < -0.39 is 11.9 Å². The van der Waals surface area contributed by atoms with Gasteiger partial charge in [0.1, 0.15) is 5.70 Å². The van der Waals surface area contributed by atoms with Gasteiger partial charge in [-0.3, -0.25) is 14.5 Å². The summed E-state index contributed by atoms with van der Waals surface area (Å²) in [5, 5.41) is 21.2. The summed E-state index contributed by atoms with van der Waals surface area (Å²) in [6, 6.07) is 9.25. The van der Waals surface area contributed by atoms with E-state index in [2.05, 4.69) is 5.32 Å². The normalized spacial score (nSPS) is 17.5. The van der Waals surface area contributed by atoms with Crippen LogP contribution in [0.25, 0.3) is 0 Å². The van der Waals surface area contributed by atoms with E-state index in [1.165, 1.54) is 17.0 Å². The molecule has 4 rings (SSSR count). The standard InChI is InChI=1S/C23H19N3O6S/c27-18-12-19-26(18)20(23(31)32)16(13-33-19)4-2-8-25-9-6-14(7-10-25)21(28)24-17-5-1-3-15(11-17)22(29)30/h1-7,9-11,19H,8,12-13H2,(H2-,24,28,29,30,31,32)/p+1/b4-2+. The number of benzene rings is 1. The number of aromatic carboxylic acids is 1. The van der Waals surface area contributed by atoms with E-state index in [9.17, 15) is 24.3 Å². The number of aliphatic carboxylic acids is 1. The predicted molar refractivity (Wildman–Crippen MR) is 120 cm³/mol. The maximum atomic E-state index is 12.4. The van der Waals surface area contributed by atoms with Crippen LogP contribution in [-0.4, -0.2) is 50.0 Å². The molecule has 0 spiro atoms. The number of carboxylic acids is 2. The summed E-state index contributed by atoms with van der Waals surface area (Å²) in [5.41, 5.74) is 1.51. The molecule has 3 N–H and O–H groups in total. The predicted octanol–water partition coefficient (Wildman–Crippen LogP) is 2.12. The number of anilines is 1. The molecule has 0 saturated carbocycles. The van der Waals surface area contributed by atoms with E-state index in [4.69, 9.17) is 5.11 Å². The molecule has 3 heterocycles. The fourth-order valence-electron chi connectivity index (χ4n) is 3.55. The topological polar surface area (TPSA) is 128 Å². The summed E-state index contributed by atoms with van der Waals surface area (Å²) in [4.78, 5) is 48.3. The summed E-state index contributed by atoms with van der Waals surface area (Å²) in [6.45, 7) is 0.445. The molecular formula is C23H20N3O6S+. The number of carboxylic acid groups (broad SMARTS) is 2. The van der Waals surface area contributed by atoms with Gasteiger partial charge in [0.25, 0.3) is 5.91 Å². The number of hydrogen-bond acceptors (Lipinski definition) is 5. The van der Waals surface area contributed by atoms with E-state index in [-0.39, 0.29) is 28.4 Å². The number of carbonyl (C=O) groups excluding carboxylic acids is 2. The molecule has 9 nitrogen and oxygen atoms in total. The Morgan fingerprint density at radius 1 is 1.12 bits per heavy atom. The summed E-state index contributed by atoms with van der Waals surface area (Å²) < 4.78 is 1.81. The Balaban J connectivity index is 1.40. The van der Waals surface area contributed by atoms with Crippen LogP contribution in [0.4, 0.5) is 5.69 Å². The first-order chi connectivity index (χ1) is 15.8. The highest BCUT2D eigenvalue weighted by molar-refractivity contribution is 8.00. The molecule has 1 aromatic carbocycles. The highest BCUT2D eigenvalue weighted by Crippen LogP contribution is 2.40. The maximum Gasteiger partial charge on any atom is 0.352 e. The van der Waals surface area contributed by atoms with E-state index >= 15 is 0 Å². The molecule has 1 saturated heterocycles. The number of carbonyl (C=O) groups is 4. The van der Waals surface area contributed by atoms with Crippen LogP contribution in [0.15, 0.2) is 72.2 Å². The van der Waals surface area contributed by atoms with Crippen LogP contribution in [0.1, 0.15) is 27.1 Å². The number of hydrogen-bond donors (Lipinski definition) is 3. The highest BCUT2D eigenvalue weighted by Gasteiger charge is 2.44. The monoisotopic (exact) mass is 466 g/mol. The van der Waals surface area contributed by atoms with Gasteiger partial charge in [-0.2, -0.15) is 0 Å². The molecule has 0 bridgehead atoms. The van der Waals surface area contributed by atoms with Crippen molar-refractivity contribution in [2.24, 2.45) is 0 Å². The lowest BCUT2D eigenvalue weighted by Crippen LogP contribution is -2.53. The van der Waals surface area contributed by atoms with Gasteiger partial charge in [-0.05, 0) is 29.8 Å². The molecule has 1 fully saturated rings. The Labute approximate surface area is 193 Å². The smallest absolute Gasteiger partial charge is 0.352 e. The molecule has 0 radical (unpaired) electrons. The number of pyridine rings is 1. The first-order valence-corrected chi connectivity index (χ1v) is 11.1. The maximum absolute atomic E-state index is 12.4. The summed E-state index contributed by atoms with van der Waals surface area (Å²) in [6.07, 6.45) is 7.33. The van der Waals surface area contributed by atoms with Crippen molar-refractivity contribution < 1.29 is 34.0 Å². The van der Waals surface area contributed by atoms with Gasteiger partial charge in [0.2, 0.25) is 5.91 Å². The van der Waals surface area contributed by atoms with Crippen LogP contribution in [-0.2, 0) is 16.1 Å². The van der Waals surface area contributed by atoms with Gasteiger partial charge in [0, 0.05) is 23.6 Å². The molecule has 2 aromatic rings. The van der Waals surface area contributed by atoms with Gasteiger partial charge in [0.05, 0.1) is 22.9 Å². The quantitative estimate of drug-likeness (QED) is 0.421. The molecule has 2 aliphatic heterocycles. The zero-order valence-electron chi connectivity index (χ0n) is 17.3. The Bertz CT molecular complexity index is 1200.